The number of nitrogens with zero attached hydrogens (tertiary/aromatic N) is 2. The van der Waals surface area contributed by atoms with Crippen LogP contribution in [-0.4, -0.2) is 59.1 Å². The molecular weight excluding hydrogens is 386 g/mol. The molecule has 2 saturated heterocycles. The SMILES string of the molecule is CC(C)(C)OC(=O)N1CCC(N2CC(F)(F)C[C@@H]2Cc2ccc(Cl)cc2)CC1. The molecule has 28 heavy (non-hydrogen) atoms. The summed E-state index contributed by atoms with van der Waals surface area (Å²) in [4.78, 5) is 15.9. The first-order valence-electron chi connectivity index (χ1n) is 9.88. The van der Waals surface area contributed by atoms with Gasteiger partial charge < -0.3 is 9.64 Å². The summed E-state index contributed by atoms with van der Waals surface area (Å²) >= 11 is 5.93. The van der Waals surface area contributed by atoms with E-state index in [2.05, 4.69) is 0 Å². The lowest BCUT2D eigenvalue weighted by Gasteiger charge is -2.39. The molecule has 0 radical (unpaired) electrons. The Morgan fingerprint density at radius 3 is 2.39 bits per heavy atom. The van der Waals surface area contributed by atoms with Crippen LogP contribution in [0.25, 0.3) is 0 Å². The van der Waals surface area contributed by atoms with Crippen molar-refractivity contribution in [2.45, 2.75) is 70.1 Å². The van der Waals surface area contributed by atoms with Crippen LogP contribution in [0.4, 0.5) is 13.6 Å². The van der Waals surface area contributed by atoms with Gasteiger partial charge in [0.05, 0.1) is 6.54 Å². The van der Waals surface area contributed by atoms with Gasteiger partial charge in [-0.2, -0.15) is 0 Å². The highest BCUT2D eigenvalue weighted by Gasteiger charge is 2.47. The lowest BCUT2D eigenvalue weighted by atomic mass is 9.99. The highest BCUT2D eigenvalue weighted by molar-refractivity contribution is 6.30. The number of carbonyl (C=O) groups is 1. The fourth-order valence-electron chi connectivity index (χ4n) is 4.14. The molecule has 156 valence electrons. The van der Waals surface area contributed by atoms with Crippen molar-refractivity contribution in [1.82, 2.24) is 9.80 Å². The van der Waals surface area contributed by atoms with Gasteiger partial charge in [0, 0.05) is 36.6 Å². The molecule has 0 N–H and O–H groups in total. The maximum atomic E-state index is 14.2. The zero-order valence-electron chi connectivity index (χ0n) is 16.8. The summed E-state index contributed by atoms with van der Waals surface area (Å²) in [7, 11) is 0. The second kappa shape index (κ2) is 8.15. The van der Waals surface area contributed by atoms with Gasteiger partial charge in [-0.15, -0.1) is 0 Å². The number of carbonyl (C=O) groups excluding carboxylic acids is 1. The molecule has 0 saturated carbocycles. The molecule has 7 heteroatoms. The minimum atomic E-state index is -2.67. The monoisotopic (exact) mass is 414 g/mol. The van der Waals surface area contributed by atoms with Crippen LogP contribution >= 0.6 is 11.6 Å². The fourth-order valence-corrected chi connectivity index (χ4v) is 4.26. The molecule has 2 aliphatic rings. The molecule has 3 rings (SSSR count). The lowest BCUT2D eigenvalue weighted by molar-refractivity contribution is -0.00314. The summed E-state index contributed by atoms with van der Waals surface area (Å²) < 4.78 is 33.8. The Morgan fingerprint density at radius 2 is 1.82 bits per heavy atom. The molecule has 0 aliphatic carbocycles. The molecule has 2 heterocycles. The zero-order valence-corrected chi connectivity index (χ0v) is 17.5. The Balaban J connectivity index is 1.61. The van der Waals surface area contributed by atoms with Gasteiger partial charge in [0.15, 0.2) is 0 Å². The maximum Gasteiger partial charge on any atom is 0.410 e. The second-order valence-electron chi connectivity index (χ2n) is 8.92. The van der Waals surface area contributed by atoms with E-state index in [1.807, 2.05) is 37.8 Å². The molecule has 1 amide bonds. The van der Waals surface area contributed by atoms with Crippen LogP contribution in [0.2, 0.25) is 5.02 Å². The quantitative estimate of drug-likeness (QED) is 0.698. The van der Waals surface area contributed by atoms with Gasteiger partial charge in [0.2, 0.25) is 0 Å². The molecule has 1 atom stereocenters. The van der Waals surface area contributed by atoms with E-state index in [-0.39, 0.29) is 31.1 Å². The standard InChI is InChI=1S/C21H29ClF2N2O2/c1-20(2,3)28-19(27)25-10-8-17(9-11-25)26-14-21(23,24)13-18(26)12-15-4-6-16(22)7-5-15/h4-7,17-18H,8-14H2,1-3H3/t18-/m0/s1. The number of piperidine rings is 1. The fraction of sp³-hybridized carbons (Fsp3) is 0.667. The summed E-state index contributed by atoms with van der Waals surface area (Å²) in [5.74, 6) is -2.67. The first kappa shape index (κ1) is 21.3. The van der Waals surface area contributed by atoms with Gasteiger partial charge in [-0.1, -0.05) is 23.7 Å². The summed E-state index contributed by atoms with van der Waals surface area (Å²) in [6, 6.07) is 7.27. The number of hydrogen-bond acceptors (Lipinski definition) is 3. The first-order valence-corrected chi connectivity index (χ1v) is 10.3. The molecular formula is C21H29ClF2N2O2. The number of rotatable bonds is 3. The molecule has 0 aromatic heterocycles. The first-order chi connectivity index (χ1) is 13.0. The highest BCUT2D eigenvalue weighted by Crippen LogP contribution is 2.37. The average molecular weight is 415 g/mol. The summed E-state index contributed by atoms with van der Waals surface area (Å²) in [6.45, 7) is 6.38. The van der Waals surface area contributed by atoms with Crippen LogP contribution in [0.1, 0.15) is 45.6 Å². The molecule has 0 spiro atoms. The summed E-state index contributed by atoms with van der Waals surface area (Å²) in [5.41, 5.74) is 0.484. The number of alkyl halides is 2. The van der Waals surface area contributed by atoms with Crippen molar-refractivity contribution in [3.63, 3.8) is 0 Å². The van der Waals surface area contributed by atoms with Crippen LogP contribution in [0.15, 0.2) is 24.3 Å². The molecule has 0 unspecified atom stereocenters. The van der Waals surface area contributed by atoms with Crippen molar-refractivity contribution in [1.29, 1.82) is 0 Å². The Bertz CT molecular complexity index is 683. The van der Waals surface area contributed by atoms with Crippen molar-refractivity contribution in [3.8, 4) is 0 Å². The third-order valence-electron chi connectivity index (χ3n) is 5.39. The van der Waals surface area contributed by atoms with Crippen molar-refractivity contribution >= 4 is 17.7 Å². The largest absolute Gasteiger partial charge is 0.444 e. The third-order valence-corrected chi connectivity index (χ3v) is 5.64. The molecule has 4 nitrogen and oxygen atoms in total. The van der Waals surface area contributed by atoms with E-state index in [0.29, 0.717) is 37.4 Å². The maximum absolute atomic E-state index is 14.2. The van der Waals surface area contributed by atoms with Gasteiger partial charge in [0.25, 0.3) is 5.92 Å². The average Bonchev–Trinajstić information content (AvgIpc) is 2.90. The predicted molar refractivity (Wildman–Crippen MR) is 106 cm³/mol. The second-order valence-corrected chi connectivity index (χ2v) is 9.35. The van der Waals surface area contributed by atoms with E-state index < -0.39 is 11.5 Å². The normalized spacial score (nSPS) is 23.8. The number of benzene rings is 1. The molecule has 1 aromatic rings. The van der Waals surface area contributed by atoms with Crippen molar-refractivity contribution in [3.05, 3.63) is 34.9 Å². The van der Waals surface area contributed by atoms with E-state index >= 15 is 0 Å². The minimum absolute atomic E-state index is 0.0596. The van der Waals surface area contributed by atoms with Crippen LogP contribution in [-0.2, 0) is 11.2 Å². The summed E-state index contributed by atoms with van der Waals surface area (Å²) in [6.07, 6.45) is 1.51. The Labute approximate surface area is 170 Å². The topological polar surface area (TPSA) is 32.8 Å². The number of ether oxygens (including phenoxy) is 1. The van der Waals surface area contributed by atoms with Crippen LogP contribution in [0.3, 0.4) is 0 Å². The van der Waals surface area contributed by atoms with Crippen molar-refractivity contribution in [2.75, 3.05) is 19.6 Å². The van der Waals surface area contributed by atoms with Crippen LogP contribution in [0.5, 0.6) is 0 Å². The van der Waals surface area contributed by atoms with E-state index in [4.69, 9.17) is 16.3 Å². The number of amides is 1. The van der Waals surface area contributed by atoms with Crippen LogP contribution in [0, 0.1) is 0 Å². The molecule has 2 aliphatic heterocycles. The Kier molecular flexibility index (Phi) is 6.20. The minimum Gasteiger partial charge on any atom is -0.444 e. The van der Waals surface area contributed by atoms with E-state index in [9.17, 15) is 13.6 Å². The van der Waals surface area contributed by atoms with Gasteiger partial charge >= 0.3 is 6.09 Å². The van der Waals surface area contributed by atoms with Gasteiger partial charge in [0.1, 0.15) is 5.60 Å². The van der Waals surface area contributed by atoms with E-state index in [0.717, 1.165) is 5.56 Å². The molecule has 0 bridgehead atoms. The Hall–Kier alpha value is -1.40. The number of likely N-dealkylation sites (tertiary alicyclic amines) is 2. The van der Waals surface area contributed by atoms with Crippen molar-refractivity contribution < 1.29 is 18.3 Å². The third kappa shape index (κ3) is 5.57. The highest BCUT2D eigenvalue weighted by atomic mass is 35.5. The Morgan fingerprint density at radius 1 is 1.21 bits per heavy atom. The smallest absolute Gasteiger partial charge is 0.410 e. The van der Waals surface area contributed by atoms with E-state index in [1.54, 1.807) is 17.0 Å². The zero-order chi connectivity index (χ0) is 20.5. The van der Waals surface area contributed by atoms with Gasteiger partial charge in [-0.05, 0) is 57.7 Å². The van der Waals surface area contributed by atoms with Crippen LogP contribution < -0.4 is 0 Å². The number of halogens is 3. The number of hydrogen-bond donors (Lipinski definition) is 0. The van der Waals surface area contributed by atoms with Gasteiger partial charge in [-0.25, -0.2) is 13.6 Å². The van der Waals surface area contributed by atoms with Crippen molar-refractivity contribution in [2.24, 2.45) is 0 Å². The predicted octanol–water partition coefficient (Wildman–Crippen LogP) is 4.99. The molecule has 2 fully saturated rings. The summed E-state index contributed by atoms with van der Waals surface area (Å²) in [5, 5.41) is 0.645. The molecule has 1 aromatic carbocycles. The van der Waals surface area contributed by atoms with Gasteiger partial charge in [-0.3, -0.25) is 4.90 Å². The van der Waals surface area contributed by atoms with E-state index in [1.165, 1.54) is 0 Å². The lowest BCUT2D eigenvalue weighted by Crippen LogP contribution is -2.49.